The molecule has 9 heteroatoms. The van der Waals surface area contributed by atoms with Crippen LogP contribution in [0.25, 0.3) is 5.82 Å². The second-order valence-corrected chi connectivity index (χ2v) is 9.20. The SMILES string of the molecule is Cc1ccc(C)c(S(=O)(=O)N2CCN(c3cc(-n4ccc(C)n4)ncn3)CC2)c1. The molecule has 1 saturated heterocycles. The van der Waals surface area contributed by atoms with Crippen LogP contribution in [0, 0.1) is 20.8 Å². The van der Waals surface area contributed by atoms with E-state index in [0.717, 1.165) is 22.6 Å². The van der Waals surface area contributed by atoms with Crippen molar-refractivity contribution in [3.8, 4) is 5.82 Å². The number of nitrogens with zero attached hydrogens (tertiary/aromatic N) is 6. The standard InChI is InChI=1S/C20H24N6O2S/c1-15-4-5-16(2)18(12-15)29(27,28)25-10-8-24(9-11-25)19-13-20(22-14-21-19)26-7-6-17(3)23-26/h4-7,12-14H,8-11H2,1-3H3. The zero-order valence-corrected chi connectivity index (χ0v) is 17.6. The molecule has 1 aromatic carbocycles. The molecule has 29 heavy (non-hydrogen) atoms. The quantitative estimate of drug-likeness (QED) is 0.653. The monoisotopic (exact) mass is 412 g/mol. The second-order valence-electron chi connectivity index (χ2n) is 7.30. The molecule has 0 amide bonds. The molecule has 0 aliphatic carbocycles. The van der Waals surface area contributed by atoms with Gasteiger partial charge in [0.05, 0.1) is 10.6 Å². The predicted molar refractivity (Wildman–Crippen MR) is 111 cm³/mol. The molecule has 0 saturated carbocycles. The van der Waals surface area contributed by atoms with Crippen molar-refractivity contribution < 1.29 is 8.42 Å². The summed E-state index contributed by atoms with van der Waals surface area (Å²) in [6.45, 7) is 7.63. The summed E-state index contributed by atoms with van der Waals surface area (Å²) in [6.07, 6.45) is 3.37. The first-order chi connectivity index (χ1) is 13.8. The third-order valence-corrected chi connectivity index (χ3v) is 7.16. The van der Waals surface area contributed by atoms with E-state index in [0.29, 0.717) is 36.9 Å². The van der Waals surface area contributed by atoms with Gasteiger partial charge in [0, 0.05) is 38.4 Å². The molecule has 0 atom stereocenters. The number of rotatable bonds is 4. The number of benzene rings is 1. The van der Waals surface area contributed by atoms with E-state index in [4.69, 9.17) is 0 Å². The fourth-order valence-corrected chi connectivity index (χ4v) is 5.19. The minimum absolute atomic E-state index is 0.393. The summed E-state index contributed by atoms with van der Waals surface area (Å²) in [6, 6.07) is 9.33. The van der Waals surface area contributed by atoms with Gasteiger partial charge in [0.1, 0.15) is 12.1 Å². The van der Waals surface area contributed by atoms with Crippen LogP contribution in [0.1, 0.15) is 16.8 Å². The fourth-order valence-electron chi connectivity index (χ4n) is 3.46. The Bertz CT molecular complexity index is 1130. The van der Waals surface area contributed by atoms with Crippen LogP contribution in [0.5, 0.6) is 0 Å². The first-order valence-corrected chi connectivity index (χ1v) is 11.0. The van der Waals surface area contributed by atoms with Crippen LogP contribution < -0.4 is 4.90 Å². The van der Waals surface area contributed by atoms with Crippen molar-refractivity contribution in [2.75, 3.05) is 31.1 Å². The third-order valence-electron chi connectivity index (χ3n) is 5.12. The Morgan fingerprint density at radius 1 is 0.897 bits per heavy atom. The van der Waals surface area contributed by atoms with Gasteiger partial charge in [-0.2, -0.15) is 9.40 Å². The van der Waals surface area contributed by atoms with Crippen molar-refractivity contribution >= 4 is 15.8 Å². The van der Waals surface area contributed by atoms with Crippen LogP contribution in [0.3, 0.4) is 0 Å². The normalized spacial score (nSPS) is 15.6. The van der Waals surface area contributed by atoms with E-state index in [-0.39, 0.29) is 0 Å². The Kier molecular flexibility index (Phi) is 5.10. The van der Waals surface area contributed by atoms with E-state index in [1.54, 1.807) is 15.1 Å². The van der Waals surface area contributed by atoms with E-state index in [2.05, 4.69) is 20.0 Å². The van der Waals surface area contributed by atoms with Crippen LogP contribution in [0.4, 0.5) is 5.82 Å². The summed E-state index contributed by atoms with van der Waals surface area (Å²) >= 11 is 0. The molecule has 1 aliphatic rings. The van der Waals surface area contributed by atoms with E-state index < -0.39 is 10.0 Å². The minimum Gasteiger partial charge on any atom is -0.354 e. The first kappa shape index (κ1) is 19.5. The molecule has 0 spiro atoms. The van der Waals surface area contributed by atoms with Gasteiger partial charge >= 0.3 is 0 Å². The largest absolute Gasteiger partial charge is 0.354 e. The van der Waals surface area contributed by atoms with Gasteiger partial charge in [-0.1, -0.05) is 12.1 Å². The van der Waals surface area contributed by atoms with E-state index in [1.165, 1.54) is 6.33 Å². The van der Waals surface area contributed by atoms with E-state index in [9.17, 15) is 8.42 Å². The van der Waals surface area contributed by atoms with Gasteiger partial charge in [0.2, 0.25) is 10.0 Å². The van der Waals surface area contributed by atoms with Gasteiger partial charge in [-0.3, -0.25) is 0 Å². The number of aryl methyl sites for hydroxylation is 3. The number of anilines is 1. The highest BCUT2D eigenvalue weighted by Gasteiger charge is 2.30. The number of hydrogen-bond acceptors (Lipinski definition) is 6. The predicted octanol–water partition coefficient (Wildman–Crippen LogP) is 2.10. The molecule has 3 aromatic rings. The molecule has 3 heterocycles. The van der Waals surface area contributed by atoms with Crippen molar-refractivity contribution in [3.63, 3.8) is 0 Å². The first-order valence-electron chi connectivity index (χ1n) is 9.51. The van der Waals surface area contributed by atoms with Crippen LogP contribution in [-0.2, 0) is 10.0 Å². The lowest BCUT2D eigenvalue weighted by molar-refractivity contribution is 0.383. The van der Waals surface area contributed by atoms with Gasteiger partial charge in [-0.25, -0.2) is 23.1 Å². The molecular weight excluding hydrogens is 388 g/mol. The zero-order valence-electron chi connectivity index (χ0n) is 16.8. The lowest BCUT2D eigenvalue weighted by Crippen LogP contribution is -2.49. The Labute approximate surface area is 170 Å². The maximum absolute atomic E-state index is 13.1. The van der Waals surface area contributed by atoms with Gasteiger partial charge < -0.3 is 4.90 Å². The molecule has 4 rings (SSSR count). The molecule has 2 aromatic heterocycles. The molecule has 1 aliphatic heterocycles. The zero-order chi connectivity index (χ0) is 20.6. The Hall–Kier alpha value is -2.78. The van der Waals surface area contributed by atoms with Crippen LogP contribution in [0.15, 0.2) is 47.8 Å². The smallest absolute Gasteiger partial charge is 0.243 e. The number of piperazine rings is 1. The highest BCUT2D eigenvalue weighted by molar-refractivity contribution is 7.89. The van der Waals surface area contributed by atoms with Crippen molar-refractivity contribution in [2.45, 2.75) is 25.7 Å². The van der Waals surface area contributed by atoms with Crippen molar-refractivity contribution in [1.29, 1.82) is 0 Å². The maximum Gasteiger partial charge on any atom is 0.243 e. The number of hydrogen-bond donors (Lipinski definition) is 0. The lowest BCUT2D eigenvalue weighted by atomic mass is 10.2. The summed E-state index contributed by atoms with van der Waals surface area (Å²) in [7, 11) is -3.51. The summed E-state index contributed by atoms with van der Waals surface area (Å²) in [5.74, 6) is 1.46. The molecular formula is C20H24N6O2S. The Balaban J connectivity index is 1.50. The molecule has 8 nitrogen and oxygen atoms in total. The Morgan fingerprint density at radius 3 is 2.31 bits per heavy atom. The molecule has 0 N–H and O–H groups in total. The van der Waals surface area contributed by atoms with Gasteiger partial charge in [-0.05, 0) is 44.0 Å². The topological polar surface area (TPSA) is 84.2 Å². The highest BCUT2D eigenvalue weighted by atomic mass is 32.2. The van der Waals surface area contributed by atoms with E-state index >= 15 is 0 Å². The molecule has 152 valence electrons. The minimum atomic E-state index is -3.51. The fraction of sp³-hybridized carbons (Fsp3) is 0.350. The summed E-state index contributed by atoms with van der Waals surface area (Å²) < 4.78 is 29.5. The highest BCUT2D eigenvalue weighted by Crippen LogP contribution is 2.24. The van der Waals surface area contributed by atoms with Crippen molar-refractivity contribution in [3.05, 3.63) is 59.7 Å². The van der Waals surface area contributed by atoms with Crippen LogP contribution in [0.2, 0.25) is 0 Å². The van der Waals surface area contributed by atoms with Crippen LogP contribution >= 0.6 is 0 Å². The van der Waals surface area contributed by atoms with Crippen molar-refractivity contribution in [1.82, 2.24) is 24.1 Å². The Morgan fingerprint density at radius 2 is 1.62 bits per heavy atom. The van der Waals surface area contributed by atoms with Gasteiger partial charge in [-0.15, -0.1) is 0 Å². The number of aromatic nitrogens is 4. The third kappa shape index (κ3) is 3.88. The molecule has 1 fully saturated rings. The average molecular weight is 413 g/mol. The number of sulfonamides is 1. The summed E-state index contributed by atoms with van der Waals surface area (Å²) in [5.41, 5.74) is 2.62. The van der Waals surface area contributed by atoms with Crippen molar-refractivity contribution in [2.24, 2.45) is 0 Å². The molecule has 0 bridgehead atoms. The van der Waals surface area contributed by atoms with Crippen LogP contribution in [-0.4, -0.2) is 58.7 Å². The molecule has 0 radical (unpaired) electrons. The van der Waals surface area contributed by atoms with E-state index in [1.807, 2.05) is 51.2 Å². The van der Waals surface area contributed by atoms with Gasteiger partial charge in [0.15, 0.2) is 5.82 Å². The average Bonchev–Trinajstić information content (AvgIpc) is 3.16. The lowest BCUT2D eigenvalue weighted by Gasteiger charge is -2.35. The second kappa shape index (κ2) is 7.57. The molecule has 0 unspecified atom stereocenters. The summed E-state index contributed by atoms with van der Waals surface area (Å²) in [4.78, 5) is 11.1. The maximum atomic E-state index is 13.1. The van der Waals surface area contributed by atoms with Gasteiger partial charge in [0.25, 0.3) is 0 Å². The summed E-state index contributed by atoms with van der Waals surface area (Å²) in [5, 5.41) is 4.38.